The molecule has 3 rings (SSSR count). The molecule has 3 N–H and O–H groups in total. The van der Waals surface area contributed by atoms with E-state index < -0.39 is 0 Å². The van der Waals surface area contributed by atoms with E-state index in [-0.39, 0.29) is 0 Å². The van der Waals surface area contributed by atoms with Crippen molar-refractivity contribution in [2.45, 2.75) is 26.2 Å². The van der Waals surface area contributed by atoms with Gasteiger partial charge in [0.1, 0.15) is 5.82 Å². The third kappa shape index (κ3) is 2.41. The lowest BCUT2D eigenvalue weighted by Gasteiger charge is -2.33. The van der Waals surface area contributed by atoms with E-state index in [0.717, 1.165) is 35.7 Å². The molecule has 2 heterocycles. The minimum absolute atomic E-state index is 0.484. The Bertz CT molecular complexity index is 598. The first-order valence-electron chi connectivity index (χ1n) is 7.30. The summed E-state index contributed by atoms with van der Waals surface area (Å²) in [4.78, 5) is 11.4. The third-order valence-corrected chi connectivity index (χ3v) is 4.11. The number of aromatic nitrogens is 2. The standard InChI is InChI=1S/C15H21N5/c1-2-11-6-5-9-20(10-11)14-12-7-3-4-8-13(12)17-15(18-14)19-16/h3-4,7-8,11H,2,5-6,9-10,16H2,1H3,(H,17,18,19). The lowest BCUT2D eigenvalue weighted by Crippen LogP contribution is -2.36. The van der Waals surface area contributed by atoms with Crippen molar-refractivity contribution in [3.63, 3.8) is 0 Å². The summed E-state index contributed by atoms with van der Waals surface area (Å²) in [6.45, 7) is 4.39. The number of hydrogen-bond acceptors (Lipinski definition) is 5. The van der Waals surface area contributed by atoms with Crippen LogP contribution in [0.3, 0.4) is 0 Å². The van der Waals surface area contributed by atoms with Gasteiger partial charge in [0.25, 0.3) is 0 Å². The van der Waals surface area contributed by atoms with Gasteiger partial charge < -0.3 is 4.90 Å². The molecule has 2 aromatic rings. The second-order valence-electron chi connectivity index (χ2n) is 5.39. The van der Waals surface area contributed by atoms with Gasteiger partial charge >= 0.3 is 0 Å². The number of anilines is 2. The van der Waals surface area contributed by atoms with Gasteiger partial charge in [-0.2, -0.15) is 4.98 Å². The number of nitrogens with one attached hydrogen (secondary N) is 1. The summed E-state index contributed by atoms with van der Waals surface area (Å²) in [5.41, 5.74) is 3.51. The maximum absolute atomic E-state index is 5.50. The SMILES string of the molecule is CCC1CCCN(c2nc(NN)nc3ccccc23)C1. The Labute approximate surface area is 119 Å². The number of rotatable bonds is 3. The number of piperidine rings is 1. The molecule has 0 radical (unpaired) electrons. The maximum Gasteiger partial charge on any atom is 0.239 e. The predicted molar refractivity (Wildman–Crippen MR) is 82.6 cm³/mol. The molecule has 0 amide bonds. The highest BCUT2D eigenvalue weighted by atomic mass is 15.3. The molecule has 5 heteroatoms. The minimum Gasteiger partial charge on any atom is -0.356 e. The summed E-state index contributed by atoms with van der Waals surface area (Å²) in [7, 11) is 0. The van der Waals surface area contributed by atoms with Crippen LogP contribution in [0.2, 0.25) is 0 Å². The molecule has 1 aliphatic rings. The molecule has 106 valence electrons. The number of hydrogen-bond donors (Lipinski definition) is 2. The highest BCUT2D eigenvalue weighted by molar-refractivity contribution is 5.90. The van der Waals surface area contributed by atoms with E-state index in [1.807, 2.05) is 18.2 Å². The predicted octanol–water partition coefficient (Wildman–Crippen LogP) is 2.54. The van der Waals surface area contributed by atoms with Crippen molar-refractivity contribution in [1.82, 2.24) is 9.97 Å². The smallest absolute Gasteiger partial charge is 0.239 e. The average Bonchev–Trinajstić information content (AvgIpc) is 2.53. The van der Waals surface area contributed by atoms with Gasteiger partial charge in [-0.15, -0.1) is 0 Å². The van der Waals surface area contributed by atoms with Gasteiger partial charge in [-0.3, -0.25) is 5.43 Å². The second kappa shape index (κ2) is 5.63. The van der Waals surface area contributed by atoms with Crippen molar-refractivity contribution in [2.75, 3.05) is 23.4 Å². The molecule has 1 aliphatic heterocycles. The molecular formula is C15H21N5. The molecule has 0 saturated carbocycles. The molecule has 0 spiro atoms. The van der Waals surface area contributed by atoms with Crippen molar-refractivity contribution in [3.8, 4) is 0 Å². The van der Waals surface area contributed by atoms with Crippen LogP contribution >= 0.6 is 0 Å². The van der Waals surface area contributed by atoms with E-state index in [1.54, 1.807) is 0 Å². The van der Waals surface area contributed by atoms with Crippen molar-refractivity contribution >= 4 is 22.7 Å². The monoisotopic (exact) mass is 271 g/mol. The summed E-state index contributed by atoms with van der Waals surface area (Å²) in [6, 6.07) is 8.11. The number of para-hydroxylation sites is 1. The molecule has 1 aromatic heterocycles. The first-order valence-corrected chi connectivity index (χ1v) is 7.30. The summed E-state index contributed by atoms with van der Waals surface area (Å²) >= 11 is 0. The van der Waals surface area contributed by atoms with Gasteiger partial charge in [0.05, 0.1) is 5.52 Å². The number of fused-ring (bicyclic) bond motifs is 1. The van der Waals surface area contributed by atoms with Crippen LogP contribution in [0.4, 0.5) is 11.8 Å². The molecular weight excluding hydrogens is 250 g/mol. The second-order valence-corrected chi connectivity index (χ2v) is 5.39. The highest BCUT2D eigenvalue weighted by Gasteiger charge is 2.21. The van der Waals surface area contributed by atoms with E-state index in [0.29, 0.717) is 5.95 Å². The number of nitrogens with zero attached hydrogens (tertiary/aromatic N) is 3. The summed E-state index contributed by atoms with van der Waals surface area (Å²) < 4.78 is 0. The Morgan fingerprint density at radius 3 is 3.00 bits per heavy atom. The van der Waals surface area contributed by atoms with E-state index in [9.17, 15) is 0 Å². The molecule has 20 heavy (non-hydrogen) atoms. The Balaban J connectivity index is 2.04. The van der Waals surface area contributed by atoms with E-state index >= 15 is 0 Å². The van der Waals surface area contributed by atoms with Crippen molar-refractivity contribution in [1.29, 1.82) is 0 Å². The van der Waals surface area contributed by atoms with Crippen molar-refractivity contribution in [3.05, 3.63) is 24.3 Å². The molecule has 1 saturated heterocycles. The zero-order chi connectivity index (χ0) is 13.9. The van der Waals surface area contributed by atoms with Crippen LogP contribution in [0, 0.1) is 5.92 Å². The van der Waals surface area contributed by atoms with E-state index in [4.69, 9.17) is 5.84 Å². The van der Waals surface area contributed by atoms with Gasteiger partial charge in [-0.25, -0.2) is 10.8 Å². The Kier molecular flexibility index (Phi) is 3.69. The van der Waals surface area contributed by atoms with Crippen LogP contribution in [-0.4, -0.2) is 23.1 Å². The number of nitrogen functional groups attached to an aromatic ring is 1. The number of nitrogens with two attached hydrogens (primary N) is 1. The van der Waals surface area contributed by atoms with Crippen LogP contribution in [0.25, 0.3) is 10.9 Å². The molecule has 1 atom stereocenters. The normalized spacial score (nSPS) is 19.3. The highest BCUT2D eigenvalue weighted by Crippen LogP contribution is 2.29. The Hall–Kier alpha value is -1.88. The summed E-state index contributed by atoms with van der Waals surface area (Å²) in [6.07, 6.45) is 3.77. The summed E-state index contributed by atoms with van der Waals surface area (Å²) in [5, 5.41) is 1.10. The van der Waals surface area contributed by atoms with Gasteiger partial charge in [-0.1, -0.05) is 25.5 Å². The van der Waals surface area contributed by atoms with E-state index in [2.05, 4.69) is 33.3 Å². The first-order chi connectivity index (χ1) is 9.81. The number of hydrazine groups is 1. The molecule has 1 unspecified atom stereocenters. The fraction of sp³-hybridized carbons (Fsp3) is 0.467. The summed E-state index contributed by atoms with van der Waals surface area (Å²) in [5.74, 6) is 7.74. The lowest BCUT2D eigenvalue weighted by molar-refractivity contribution is 0.403. The Morgan fingerprint density at radius 2 is 2.20 bits per heavy atom. The topological polar surface area (TPSA) is 67.1 Å². The molecule has 0 aliphatic carbocycles. The molecule has 0 bridgehead atoms. The van der Waals surface area contributed by atoms with Crippen LogP contribution in [0.15, 0.2) is 24.3 Å². The first kappa shape index (κ1) is 13.1. The average molecular weight is 271 g/mol. The van der Waals surface area contributed by atoms with Crippen LogP contribution in [-0.2, 0) is 0 Å². The van der Waals surface area contributed by atoms with Gasteiger partial charge in [-0.05, 0) is 30.9 Å². The van der Waals surface area contributed by atoms with Crippen LogP contribution in [0.5, 0.6) is 0 Å². The lowest BCUT2D eigenvalue weighted by atomic mass is 9.95. The van der Waals surface area contributed by atoms with Crippen LogP contribution in [0.1, 0.15) is 26.2 Å². The zero-order valence-corrected chi connectivity index (χ0v) is 11.8. The van der Waals surface area contributed by atoms with Crippen LogP contribution < -0.4 is 16.2 Å². The fourth-order valence-electron chi connectivity index (χ4n) is 2.96. The van der Waals surface area contributed by atoms with Crippen molar-refractivity contribution < 1.29 is 0 Å². The fourth-order valence-corrected chi connectivity index (χ4v) is 2.96. The van der Waals surface area contributed by atoms with Crippen molar-refractivity contribution in [2.24, 2.45) is 11.8 Å². The molecule has 1 fully saturated rings. The Morgan fingerprint density at radius 1 is 1.35 bits per heavy atom. The van der Waals surface area contributed by atoms with E-state index in [1.165, 1.54) is 19.3 Å². The van der Waals surface area contributed by atoms with Gasteiger partial charge in [0.15, 0.2) is 0 Å². The van der Waals surface area contributed by atoms with Gasteiger partial charge in [0.2, 0.25) is 5.95 Å². The quantitative estimate of drug-likeness (QED) is 0.663. The third-order valence-electron chi connectivity index (χ3n) is 4.11. The molecule has 1 aromatic carbocycles. The zero-order valence-electron chi connectivity index (χ0n) is 11.8. The number of benzene rings is 1. The van der Waals surface area contributed by atoms with Gasteiger partial charge in [0, 0.05) is 18.5 Å². The minimum atomic E-state index is 0.484. The largest absolute Gasteiger partial charge is 0.356 e. The maximum atomic E-state index is 5.50. The molecule has 5 nitrogen and oxygen atoms in total.